The van der Waals surface area contributed by atoms with Crippen molar-refractivity contribution >= 4 is 21.6 Å². The molecule has 0 saturated carbocycles. The van der Waals surface area contributed by atoms with Gasteiger partial charge in [0.25, 0.3) is 0 Å². The van der Waals surface area contributed by atoms with Gasteiger partial charge in [-0.05, 0) is 37.1 Å². The summed E-state index contributed by atoms with van der Waals surface area (Å²) in [5.74, 6) is 0. The maximum atomic E-state index is 10.1. The van der Waals surface area contributed by atoms with Gasteiger partial charge < -0.3 is 4.57 Å². The molecule has 0 atom stereocenters. The Morgan fingerprint density at radius 1 is 1.27 bits per heavy atom. The molecule has 2 aromatic rings. The van der Waals surface area contributed by atoms with E-state index in [-0.39, 0.29) is 0 Å². The zero-order valence-corrected chi connectivity index (χ0v) is 9.63. The minimum atomic E-state index is 0.630. The van der Waals surface area contributed by atoms with E-state index in [0.717, 1.165) is 10.2 Å². The molecule has 4 nitrogen and oxygen atoms in total. The third-order valence-electron chi connectivity index (χ3n) is 2.55. The molecule has 1 aromatic heterocycles. The average molecular weight is 221 g/mol. The Balaban J connectivity index is 2.89. The fourth-order valence-corrected chi connectivity index (χ4v) is 2.55. The van der Waals surface area contributed by atoms with Gasteiger partial charge in [-0.25, -0.2) is 0 Å². The third-order valence-corrected chi connectivity index (χ3v) is 3.64. The molecule has 15 heavy (non-hydrogen) atoms. The summed E-state index contributed by atoms with van der Waals surface area (Å²) in [7, 11) is 1.89. The second-order valence-corrected chi connectivity index (χ2v) is 4.54. The van der Waals surface area contributed by atoms with Crippen LogP contribution in [0.5, 0.6) is 0 Å². The average Bonchev–Trinajstić information content (AvgIpc) is 2.47. The number of hydrogen-bond acceptors (Lipinski definition) is 3. The number of nitroso groups, excluding NO2 is 1. The topological polar surface area (TPSA) is 46.7 Å². The molecule has 0 bridgehead atoms. The molecule has 5 heteroatoms. The number of aryl methyl sites for hydroxylation is 3. The van der Waals surface area contributed by atoms with Crippen LogP contribution in [-0.4, -0.2) is 4.57 Å². The molecular formula is C10H11N3OS. The SMILES string of the molecule is Cc1cc2s/c(=N\N=O)n(C)c2cc1C. The van der Waals surface area contributed by atoms with Crippen molar-refractivity contribution in [2.75, 3.05) is 0 Å². The van der Waals surface area contributed by atoms with Crippen LogP contribution < -0.4 is 4.80 Å². The van der Waals surface area contributed by atoms with Crippen molar-refractivity contribution in [1.82, 2.24) is 4.57 Å². The quantitative estimate of drug-likeness (QED) is 0.539. The molecule has 0 aliphatic rings. The monoisotopic (exact) mass is 221 g/mol. The van der Waals surface area contributed by atoms with Gasteiger partial charge in [-0.15, -0.1) is 4.91 Å². The number of fused-ring (bicyclic) bond motifs is 1. The predicted octanol–water partition coefficient (Wildman–Crippen LogP) is 2.44. The first kappa shape index (κ1) is 10.0. The van der Waals surface area contributed by atoms with Gasteiger partial charge in [-0.1, -0.05) is 16.4 Å². The van der Waals surface area contributed by atoms with E-state index < -0.39 is 0 Å². The Hall–Kier alpha value is -1.49. The molecule has 1 aromatic carbocycles. The summed E-state index contributed by atoms with van der Waals surface area (Å²) >= 11 is 1.47. The maximum absolute atomic E-state index is 10.1. The van der Waals surface area contributed by atoms with Crippen molar-refractivity contribution in [3.05, 3.63) is 33.0 Å². The largest absolute Gasteiger partial charge is 0.318 e. The van der Waals surface area contributed by atoms with Crippen LogP contribution >= 0.6 is 11.3 Å². The summed E-state index contributed by atoms with van der Waals surface area (Å²) in [5.41, 5.74) is 3.57. The van der Waals surface area contributed by atoms with E-state index in [0.29, 0.717) is 4.80 Å². The van der Waals surface area contributed by atoms with Crippen LogP contribution in [0.4, 0.5) is 0 Å². The Bertz CT molecular complexity index is 594. The molecule has 0 saturated heterocycles. The smallest absolute Gasteiger partial charge is 0.214 e. The van der Waals surface area contributed by atoms with Crippen LogP contribution in [0.2, 0.25) is 0 Å². The summed E-state index contributed by atoms with van der Waals surface area (Å²) in [4.78, 5) is 10.7. The molecule has 78 valence electrons. The van der Waals surface area contributed by atoms with Gasteiger partial charge >= 0.3 is 0 Å². The first-order valence-corrected chi connectivity index (χ1v) is 5.38. The van der Waals surface area contributed by atoms with Crippen LogP contribution in [0.25, 0.3) is 10.2 Å². The molecule has 0 fully saturated rings. The van der Waals surface area contributed by atoms with E-state index in [9.17, 15) is 4.91 Å². The van der Waals surface area contributed by atoms with Crippen LogP contribution in [0, 0.1) is 18.8 Å². The summed E-state index contributed by atoms with van der Waals surface area (Å²) in [6, 6.07) is 4.21. The van der Waals surface area contributed by atoms with Crippen molar-refractivity contribution in [2.45, 2.75) is 13.8 Å². The zero-order valence-electron chi connectivity index (χ0n) is 8.81. The van der Waals surface area contributed by atoms with Gasteiger partial charge in [0.1, 0.15) is 0 Å². The number of aromatic nitrogens is 1. The molecule has 0 unspecified atom stereocenters. The fraction of sp³-hybridized carbons (Fsp3) is 0.300. The Kier molecular flexibility index (Phi) is 2.40. The minimum absolute atomic E-state index is 0.630. The number of hydrogen-bond donors (Lipinski definition) is 0. The van der Waals surface area contributed by atoms with Gasteiger partial charge in [0.2, 0.25) is 4.80 Å². The molecule has 0 aliphatic carbocycles. The highest BCUT2D eigenvalue weighted by Crippen LogP contribution is 2.20. The molecule has 1 heterocycles. The fourth-order valence-electron chi connectivity index (χ4n) is 1.51. The van der Waals surface area contributed by atoms with Gasteiger partial charge in [0.05, 0.1) is 15.5 Å². The lowest BCUT2D eigenvalue weighted by molar-refractivity contribution is 0.885. The summed E-state index contributed by atoms with van der Waals surface area (Å²) in [6.45, 7) is 4.14. The summed E-state index contributed by atoms with van der Waals surface area (Å²) < 4.78 is 3.01. The van der Waals surface area contributed by atoms with E-state index in [1.54, 1.807) is 0 Å². The Labute approximate surface area is 90.8 Å². The van der Waals surface area contributed by atoms with Crippen LogP contribution in [0.1, 0.15) is 11.1 Å². The number of thiazole rings is 1. The van der Waals surface area contributed by atoms with Crippen LogP contribution in [0.15, 0.2) is 22.5 Å². The van der Waals surface area contributed by atoms with Crippen molar-refractivity contribution in [3.8, 4) is 0 Å². The van der Waals surface area contributed by atoms with E-state index in [1.807, 2.05) is 11.6 Å². The molecule has 0 radical (unpaired) electrons. The minimum Gasteiger partial charge on any atom is -0.318 e. The van der Waals surface area contributed by atoms with E-state index in [1.165, 1.54) is 22.5 Å². The summed E-state index contributed by atoms with van der Waals surface area (Å²) in [6.07, 6.45) is 0. The first-order chi connectivity index (χ1) is 7.13. The highest BCUT2D eigenvalue weighted by Gasteiger charge is 2.04. The molecule has 0 N–H and O–H groups in total. The standard InChI is InChI=1S/C10H11N3OS/c1-6-4-8-9(5-7(6)2)15-10(11-12-14)13(8)3/h4-5H,1-3H3/b11-10-. The Morgan fingerprint density at radius 2 is 1.93 bits per heavy atom. The lowest BCUT2D eigenvalue weighted by atomic mass is 10.1. The zero-order chi connectivity index (χ0) is 11.0. The number of benzene rings is 1. The molecule has 0 aliphatic heterocycles. The Morgan fingerprint density at radius 3 is 2.60 bits per heavy atom. The highest BCUT2D eigenvalue weighted by molar-refractivity contribution is 7.16. The lowest BCUT2D eigenvalue weighted by Crippen LogP contribution is -2.08. The normalized spacial score (nSPS) is 12.3. The van der Waals surface area contributed by atoms with Crippen molar-refractivity contribution in [3.63, 3.8) is 0 Å². The lowest BCUT2D eigenvalue weighted by Gasteiger charge is -2.00. The maximum Gasteiger partial charge on any atom is 0.214 e. The second kappa shape index (κ2) is 3.58. The number of rotatable bonds is 1. The van der Waals surface area contributed by atoms with Gasteiger partial charge in [-0.2, -0.15) is 0 Å². The van der Waals surface area contributed by atoms with Gasteiger partial charge in [0.15, 0.2) is 0 Å². The van der Waals surface area contributed by atoms with Crippen LogP contribution in [0.3, 0.4) is 0 Å². The van der Waals surface area contributed by atoms with Gasteiger partial charge in [0, 0.05) is 7.05 Å². The molecule has 2 rings (SSSR count). The first-order valence-electron chi connectivity index (χ1n) is 4.56. The second-order valence-electron chi connectivity index (χ2n) is 3.53. The third kappa shape index (κ3) is 1.59. The summed E-state index contributed by atoms with van der Waals surface area (Å²) in [5, 5.41) is 6.13. The molecule has 0 spiro atoms. The van der Waals surface area contributed by atoms with Gasteiger partial charge in [-0.3, -0.25) is 0 Å². The van der Waals surface area contributed by atoms with Crippen molar-refractivity contribution in [1.29, 1.82) is 0 Å². The molecular weight excluding hydrogens is 210 g/mol. The van der Waals surface area contributed by atoms with E-state index >= 15 is 0 Å². The number of nitrogens with zero attached hydrogens (tertiary/aromatic N) is 3. The van der Waals surface area contributed by atoms with E-state index in [4.69, 9.17) is 0 Å². The highest BCUT2D eigenvalue weighted by atomic mass is 32.1. The van der Waals surface area contributed by atoms with Crippen molar-refractivity contribution in [2.24, 2.45) is 17.4 Å². The molecule has 0 amide bonds. The van der Waals surface area contributed by atoms with Crippen LogP contribution in [-0.2, 0) is 7.05 Å². The van der Waals surface area contributed by atoms with Crippen molar-refractivity contribution < 1.29 is 0 Å². The van der Waals surface area contributed by atoms with E-state index in [2.05, 4.69) is 36.4 Å². The predicted molar refractivity (Wildman–Crippen MR) is 61.6 cm³/mol.